The van der Waals surface area contributed by atoms with E-state index in [1.807, 2.05) is 13.0 Å². The van der Waals surface area contributed by atoms with E-state index in [4.69, 9.17) is 0 Å². The van der Waals surface area contributed by atoms with E-state index in [0.29, 0.717) is 11.7 Å². The number of rotatable bonds is 6. The number of halogens is 3. The van der Waals surface area contributed by atoms with E-state index in [1.165, 1.54) is 17.1 Å². The Labute approximate surface area is 205 Å². The zero-order valence-corrected chi connectivity index (χ0v) is 21.0. The maximum Gasteiger partial charge on any atom is 0.419 e. The van der Waals surface area contributed by atoms with Crippen molar-refractivity contribution >= 4 is 22.4 Å². The highest BCUT2D eigenvalue weighted by molar-refractivity contribution is 7.85. The Morgan fingerprint density at radius 3 is 2.46 bits per heavy atom. The molecule has 1 N–H and O–H groups in total. The van der Waals surface area contributed by atoms with Gasteiger partial charge in [-0.15, -0.1) is 0 Å². The third-order valence-electron chi connectivity index (χ3n) is 6.26. The predicted octanol–water partition coefficient (Wildman–Crippen LogP) is 4.93. The number of hydrogen-bond acceptors (Lipinski definition) is 6. The Morgan fingerprint density at radius 2 is 1.89 bits per heavy atom. The van der Waals surface area contributed by atoms with Crippen LogP contribution in [0.15, 0.2) is 41.7 Å². The summed E-state index contributed by atoms with van der Waals surface area (Å²) in [4.78, 5) is 11.2. The Kier molecular flexibility index (Phi) is 7.27. The summed E-state index contributed by atoms with van der Waals surface area (Å²) in [6, 6.07) is 5.92. The third-order valence-corrected chi connectivity index (χ3v) is 8.05. The third kappa shape index (κ3) is 5.72. The quantitative estimate of drug-likeness (QED) is 0.511. The van der Waals surface area contributed by atoms with Crippen molar-refractivity contribution in [1.29, 1.82) is 0 Å². The van der Waals surface area contributed by atoms with Gasteiger partial charge in [-0.2, -0.15) is 18.3 Å². The average molecular weight is 507 g/mol. The van der Waals surface area contributed by atoms with Crippen molar-refractivity contribution in [3.05, 3.63) is 47.9 Å². The van der Waals surface area contributed by atoms with Crippen LogP contribution >= 0.6 is 0 Å². The summed E-state index contributed by atoms with van der Waals surface area (Å²) in [6.45, 7) is 8.09. The molecule has 3 heterocycles. The second-order valence-corrected chi connectivity index (χ2v) is 10.8. The number of benzene rings is 1. The summed E-state index contributed by atoms with van der Waals surface area (Å²) in [5.41, 5.74) is 0.517. The molecule has 1 aliphatic rings. The van der Waals surface area contributed by atoms with Crippen LogP contribution in [0.5, 0.6) is 0 Å². The highest BCUT2D eigenvalue weighted by atomic mass is 32.2. The van der Waals surface area contributed by atoms with Crippen LogP contribution in [0, 0.1) is 6.92 Å². The summed E-state index contributed by atoms with van der Waals surface area (Å²) in [5.74, 6) is 0.0369. The minimum Gasteiger partial charge on any atom is -0.324 e. The number of aryl methyl sites for hydroxylation is 2. The minimum absolute atomic E-state index is 0.0369. The van der Waals surface area contributed by atoms with Gasteiger partial charge in [0.25, 0.3) is 0 Å². The molecule has 2 aromatic heterocycles. The van der Waals surface area contributed by atoms with Crippen molar-refractivity contribution in [1.82, 2.24) is 24.6 Å². The molecule has 0 spiro atoms. The molecule has 0 amide bonds. The first-order valence-corrected chi connectivity index (χ1v) is 12.7. The van der Waals surface area contributed by atoms with E-state index in [0.717, 1.165) is 42.6 Å². The predicted molar refractivity (Wildman–Crippen MR) is 130 cm³/mol. The Bertz CT molecular complexity index is 1220. The number of piperidine rings is 1. The van der Waals surface area contributed by atoms with E-state index < -0.39 is 22.5 Å². The molecule has 1 unspecified atom stereocenters. The van der Waals surface area contributed by atoms with Crippen molar-refractivity contribution in [3.63, 3.8) is 0 Å². The van der Waals surface area contributed by atoms with E-state index >= 15 is 0 Å². The standard InChI is InChI=1S/C24H29F3N6OS/c1-15(2)33-9-7-18(8-10-33)35(34)19-5-6-21(16(3)11-19)30-23-28-13-20(24(25,26)27)22(31-23)17-12-29-32(4)14-17/h5-6,11-15,18H,7-10H2,1-4H3,(H,28,30,31). The molecule has 1 saturated heterocycles. The summed E-state index contributed by atoms with van der Waals surface area (Å²) in [5, 5.41) is 7.08. The summed E-state index contributed by atoms with van der Waals surface area (Å²) in [6.07, 6.45) is 0.766. The minimum atomic E-state index is -4.60. The summed E-state index contributed by atoms with van der Waals surface area (Å²) in [7, 11) is 0.502. The lowest BCUT2D eigenvalue weighted by Crippen LogP contribution is -2.41. The average Bonchev–Trinajstić information content (AvgIpc) is 3.25. The van der Waals surface area contributed by atoms with E-state index in [9.17, 15) is 17.4 Å². The van der Waals surface area contributed by atoms with E-state index in [2.05, 4.69) is 39.1 Å². The van der Waals surface area contributed by atoms with Crippen LogP contribution in [-0.2, 0) is 24.0 Å². The SMILES string of the molecule is Cc1cc(S(=O)C2CCN(C(C)C)CC2)ccc1Nc1ncc(C(F)(F)F)c(-c2cnn(C)c2)n1. The number of likely N-dealkylation sites (tertiary alicyclic amines) is 1. The molecule has 1 atom stereocenters. The molecule has 35 heavy (non-hydrogen) atoms. The fraction of sp³-hybridized carbons (Fsp3) is 0.458. The molecule has 188 valence electrons. The van der Waals surface area contributed by atoms with Crippen LogP contribution in [0.1, 0.15) is 37.8 Å². The lowest BCUT2D eigenvalue weighted by atomic mass is 10.1. The zero-order valence-electron chi connectivity index (χ0n) is 20.1. The van der Waals surface area contributed by atoms with Crippen LogP contribution in [0.2, 0.25) is 0 Å². The summed E-state index contributed by atoms with van der Waals surface area (Å²) >= 11 is 0. The molecule has 4 rings (SSSR count). The molecule has 0 aliphatic carbocycles. The number of hydrogen-bond donors (Lipinski definition) is 1. The lowest BCUT2D eigenvalue weighted by Gasteiger charge is -2.34. The highest BCUT2D eigenvalue weighted by Gasteiger charge is 2.36. The van der Waals surface area contributed by atoms with E-state index in [1.54, 1.807) is 19.2 Å². The number of nitrogens with one attached hydrogen (secondary N) is 1. The van der Waals surface area contributed by atoms with Gasteiger partial charge in [0.2, 0.25) is 5.95 Å². The normalized spacial score (nSPS) is 16.6. The topological polar surface area (TPSA) is 75.9 Å². The molecule has 3 aromatic rings. The first-order chi connectivity index (χ1) is 16.5. The first kappa shape index (κ1) is 25.3. The molecule has 0 bridgehead atoms. The maximum atomic E-state index is 13.5. The van der Waals surface area contributed by atoms with Gasteiger partial charge in [0.15, 0.2) is 0 Å². The molecule has 0 saturated carbocycles. The smallest absolute Gasteiger partial charge is 0.324 e. The van der Waals surface area contributed by atoms with Crippen molar-refractivity contribution < 1.29 is 17.4 Å². The van der Waals surface area contributed by atoms with Gasteiger partial charge >= 0.3 is 6.18 Å². The van der Waals surface area contributed by atoms with Gasteiger partial charge in [-0.25, -0.2) is 9.97 Å². The second-order valence-electron chi connectivity index (χ2n) is 9.08. The molecule has 0 radical (unpaired) electrons. The zero-order chi connectivity index (χ0) is 25.3. The van der Waals surface area contributed by atoms with E-state index in [-0.39, 0.29) is 22.5 Å². The van der Waals surface area contributed by atoms with Crippen LogP contribution in [-0.4, -0.2) is 53.2 Å². The van der Waals surface area contributed by atoms with Crippen molar-refractivity contribution in [2.75, 3.05) is 18.4 Å². The summed E-state index contributed by atoms with van der Waals surface area (Å²) < 4.78 is 55.2. The number of aromatic nitrogens is 4. The van der Waals surface area contributed by atoms with Gasteiger partial charge < -0.3 is 10.2 Å². The molecular formula is C24H29F3N6OS. The van der Waals surface area contributed by atoms with Gasteiger partial charge in [0, 0.05) is 46.9 Å². The van der Waals surface area contributed by atoms with Gasteiger partial charge in [-0.3, -0.25) is 8.89 Å². The van der Waals surface area contributed by atoms with Crippen LogP contribution in [0.25, 0.3) is 11.3 Å². The van der Waals surface area contributed by atoms with Gasteiger partial charge in [-0.05, 0) is 70.5 Å². The molecule has 1 aromatic carbocycles. The highest BCUT2D eigenvalue weighted by Crippen LogP contribution is 2.36. The lowest BCUT2D eigenvalue weighted by molar-refractivity contribution is -0.137. The fourth-order valence-corrected chi connectivity index (χ4v) is 5.75. The monoisotopic (exact) mass is 506 g/mol. The largest absolute Gasteiger partial charge is 0.419 e. The maximum absolute atomic E-state index is 13.5. The van der Waals surface area contributed by atoms with Gasteiger partial charge in [0.1, 0.15) is 5.56 Å². The van der Waals surface area contributed by atoms with Crippen molar-refractivity contribution in [2.45, 2.75) is 56.0 Å². The molecular weight excluding hydrogens is 477 g/mol. The number of anilines is 2. The van der Waals surface area contributed by atoms with Crippen molar-refractivity contribution in [3.8, 4) is 11.3 Å². The van der Waals surface area contributed by atoms with Crippen LogP contribution in [0.4, 0.5) is 24.8 Å². The van der Waals surface area contributed by atoms with Gasteiger partial charge in [-0.1, -0.05) is 0 Å². The molecule has 11 heteroatoms. The van der Waals surface area contributed by atoms with Gasteiger partial charge in [0.05, 0.1) is 22.7 Å². The Hall–Kier alpha value is -2.79. The first-order valence-electron chi connectivity index (χ1n) is 11.5. The second kappa shape index (κ2) is 10.1. The molecule has 1 fully saturated rings. The fourth-order valence-electron chi connectivity index (χ4n) is 4.23. The number of alkyl halides is 3. The molecule has 7 nitrogen and oxygen atoms in total. The van der Waals surface area contributed by atoms with Crippen LogP contribution < -0.4 is 5.32 Å². The Morgan fingerprint density at radius 1 is 1.17 bits per heavy atom. The Balaban J connectivity index is 1.53. The number of nitrogens with zero attached hydrogens (tertiary/aromatic N) is 5. The van der Waals surface area contributed by atoms with Crippen LogP contribution in [0.3, 0.4) is 0 Å². The molecule has 1 aliphatic heterocycles. The van der Waals surface area contributed by atoms with Crippen molar-refractivity contribution in [2.24, 2.45) is 7.05 Å².